The summed E-state index contributed by atoms with van der Waals surface area (Å²) in [7, 11) is 0. The molecule has 0 aliphatic heterocycles. The quantitative estimate of drug-likeness (QED) is 0.398. The van der Waals surface area contributed by atoms with E-state index < -0.39 is 0 Å². The van der Waals surface area contributed by atoms with Crippen molar-refractivity contribution in [3.05, 3.63) is 37.0 Å². The maximum absolute atomic E-state index is 3.59. The minimum absolute atomic E-state index is 1.20. The molecule has 0 radical (unpaired) electrons. The Kier molecular flexibility index (Phi) is 8.57. The summed E-state index contributed by atoms with van der Waals surface area (Å²) in [6, 6.07) is 0. The molecular formula is C11H18. The predicted octanol–water partition coefficient (Wildman–Crippen LogP) is 3.87. The molecule has 0 unspecified atom stereocenters. The van der Waals surface area contributed by atoms with Crippen molar-refractivity contribution < 1.29 is 0 Å². The van der Waals surface area contributed by atoms with Gasteiger partial charge in [-0.25, -0.2) is 0 Å². The Hall–Kier alpha value is -0.780. The molecule has 0 heteroatoms. The fourth-order valence-electron chi connectivity index (χ4n) is 0.830. The summed E-state index contributed by atoms with van der Waals surface area (Å²) in [5.41, 5.74) is 0. The van der Waals surface area contributed by atoms with E-state index in [1.807, 2.05) is 12.2 Å². The molecule has 0 saturated carbocycles. The molecular weight excluding hydrogens is 132 g/mol. The van der Waals surface area contributed by atoms with Crippen LogP contribution in [0.25, 0.3) is 0 Å². The number of hydrogen-bond acceptors (Lipinski definition) is 0. The van der Waals surface area contributed by atoms with Crippen LogP contribution in [0.2, 0.25) is 0 Å². The third kappa shape index (κ3) is 9.22. The molecule has 0 fully saturated rings. The van der Waals surface area contributed by atoms with Crippen LogP contribution in [0, 0.1) is 0 Å². The maximum Gasteiger partial charge on any atom is -0.0348 e. The van der Waals surface area contributed by atoms with Gasteiger partial charge in [-0.05, 0) is 12.8 Å². The van der Waals surface area contributed by atoms with Crippen molar-refractivity contribution in [2.24, 2.45) is 0 Å². The van der Waals surface area contributed by atoms with Gasteiger partial charge in [0.15, 0.2) is 0 Å². The van der Waals surface area contributed by atoms with E-state index in [0.29, 0.717) is 0 Å². The Labute approximate surface area is 70.3 Å². The van der Waals surface area contributed by atoms with Gasteiger partial charge in [-0.3, -0.25) is 0 Å². The van der Waals surface area contributed by atoms with Gasteiger partial charge in [-0.15, -0.1) is 0 Å². The van der Waals surface area contributed by atoms with E-state index in [1.54, 1.807) is 6.08 Å². The summed E-state index contributed by atoms with van der Waals surface area (Å²) >= 11 is 0. The van der Waals surface area contributed by atoms with Crippen LogP contribution >= 0.6 is 0 Å². The van der Waals surface area contributed by atoms with Gasteiger partial charge in [0, 0.05) is 0 Å². The van der Waals surface area contributed by atoms with E-state index in [0.717, 1.165) is 0 Å². The lowest BCUT2D eigenvalue weighted by molar-refractivity contribution is 0.729. The highest BCUT2D eigenvalue weighted by Gasteiger charge is 1.79. The van der Waals surface area contributed by atoms with Crippen molar-refractivity contribution >= 4 is 0 Å². The lowest BCUT2D eigenvalue weighted by Crippen LogP contribution is -1.69. The molecule has 0 aliphatic rings. The van der Waals surface area contributed by atoms with E-state index in [-0.39, 0.29) is 0 Å². The van der Waals surface area contributed by atoms with Crippen molar-refractivity contribution in [1.82, 2.24) is 0 Å². The highest BCUT2D eigenvalue weighted by molar-refractivity contribution is 5.08. The second kappa shape index (κ2) is 9.22. The minimum atomic E-state index is 1.20. The van der Waals surface area contributed by atoms with Gasteiger partial charge in [0.1, 0.15) is 0 Å². The monoisotopic (exact) mass is 150 g/mol. The third-order valence-electron chi connectivity index (χ3n) is 1.47. The maximum atomic E-state index is 3.59. The molecule has 0 spiro atoms. The largest absolute Gasteiger partial charge is 0.0991 e. The van der Waals surface area contributed by atoms with Gasteiger partial charge in [-0.2, -0.15) is 0 Å². The fourth-order valence-corrected chi connectivity index (χ4v) is 0.830. The first kappa shape index (κ1) is 10.2. The first-order valence-corrected chi connectivity index (χ1v) is 4.36. The third-order valence-corrected chi connectivity index (χ3v) is 1.47. The summed E-state index contributed by atoms with van der Waals surface area (Å²) < 4.78 is 0. The van der Waals surface area contributed by atoms with Gasteiger partial charge >= 0.3 is 0 Å². The average molecular weight is 150 g/mol. The molecule has 0 aromatic rings. The first-order chi connectivity index (χ1) is 5.41. The van der Waals surface area contributed by atoms with E-state index >= 15 is 0 Å². The molecule has 0 atom stereocenters. The first-order valence-electron chi connectivity index (χ1n) is 4.36. The number of allylic oxidation sites excluding steroid dienone is 5. The Morgan fingerprint density at radius 2 is 1.91 bits per heavy atom. The zero-order chi connectivity index (χ0) is 8.36. The van der Waals surface area contributed by atoms with Crippen molar-refractivity contribution in [3.8, 4) is 0 Å². The number of hydrogen-bond donors (Lipinski definition) is 0. The smallest absolute Gasteiger partial charge is 0.0348 e. The Balaban J connectivity index is 3.15. The molecule has 0 bridgehead atoms. The number of unbranched alkanes of at least 4 members (excludes halogenated alkanes) is 3. The van der Waals surface area contributed by atoms with E-state index in [2.05, 4.69) is 25.7 Å². The molecule has 62 valence electrons. The molecule has 0 aromatic heterocycles. The van der Waals surface area contributed by atoms with Crippen LogP contribution in [0.1, 0.15) is 32.6 Å². The van der Waals surface area contributed by atoms with Crippen LogP contribution in [0.4, 0.5) is 0 Å². The normalized spacial score (nSPS) is 11.4. The van der Waals surface area contributed by atoms with Crippen molar-refractivity contribution in [1.29, 1.82) is 0 Å². The summed E-state index contributed by atoms with van der Waals surface area (Å²) in [5.74, 6) is 0. The van der Waals surface area contributed by atoms with Gasteiger partial charge in [0.25, 0.3) is 0 Å². The number of rotatable bonds is 6. The molecule has 0 amide bonds. The summed E-state index contributed by atoms with van der Waals surface area (Å²) in [4.78, 5) is 0. The van der Waals surface area contributed by atoms with Crippen LogP contribution in [0.15, 0.2) is 37.0 Å². The Bertz CT molecular complexity index is 129. The lowest BCUT2D eigenvalue weighted by atomic mass is 10.2. The SMILES string of the molecule is C=CC=CC=CCCCCC. The zero-order valence-corrected chi connectivity index (χ0v) is 7.42. The van der Waals surface area contributed by atoms with Crippen molar-refractivity contribution in [2.45, 2.75) is 32.6 Å². The fraction of sp³-hybridized carbons (Fsp3) is 0.455. The topological polar surface area (TPSA) is 0 Å². The van der Waals surface area contributed by atoms with Gasteiger partial charge < -0.3 is 0 Å². The molecule has 11 heavy (non-hydrogen) atoms. The van der Waals surface area contributed by atoms with Crippen molar-refractivity contribution in [3.63, 3.8) is 0 Å². The van der Waals surface area contributed by atoms with Crippen molar-refractivity contribution in [2.75, 3.05) is 0 Å². The second-order valence-electron chi connectivity index (χ2n) is 2.54. The van der Waals surface area contributed by atoms with Crippen LogP contribution in [-0.2, 0) is 0 Å². The standard InChI is InChI=1S/C11H18/c1-3-5-7-9-11-10-8-6-4-2/h3,5,7,9,11H,1,4,6,8,10H2,2H3. The van der Waals surface area contributed by atoms with E-state index in [1.165, 1.54) is 25.7 Å². The van der Waals surface area contributed by atoms with Gasteiger partial charge in [0.2, 0.25) is 0 Å². The summed E-state index contributed by atoms with van der Waals surface area (Å²) in [6.07, 6.45) is 15.2. The molecule has 0 heterocycles. The zero-order valence-electron chi connectivity index (χ0n) is 7.42. The van der Waals surface area contributed by atoms with Crippen LogP contribution in [-0.4, -0.2) is 0 Å². The predicted molar refractivity (Wildman–Crippen MR) is 52.6 cm³/mol. The Morgan fingerprint density at radius 3 is 2.55 bits per heavy atom. The molecule has 0 aliphatic carbocycles. The minimum Gasteiger partial charge on any atom is -0.0991 e. The molecule has 0 aromatic carbocycles. The van der Waals surface area contributed by atoms with Gasteiger partial charge in [-0.1, -0.05) is 56.7 Å². The molecule has 0 rings (SSSR count). The van der Waals surface area contributed by atoms with Crippen LogP contribution < -0.4 is 0 Å². The summed E-state index contributed by atoms with van der Waals surface area (Å²) in [5, 5.41) is 0. The highest BCUT2D eigenvalue weighted by Crippen LogP contribution is 1.99. The lowest BCUT2D eigenvalue weighted by Gasteiger charge is -1.89. The van der Waals surface area contributed by atoms with Crippen LogP contribution in [0.3, 0.4) is 0 Å². The van der Waals surface area contributed by atoms with E-state index in [4.69, 9.17) is 0 Å². The Morgan fingerprint density at radius 1 is 1.09 bits per heavy atom. The molecule has 0 saturated heterocycles. The van der Waals surface area contributed by atoms with Crippen LogP contribution in [0.5, 0.6) is 0 Å². The molecule has 0 nitrogen and oxygen atoms in total. The van der Waals surface area contributed by atoms with Gasteiger partial charge in [0.05, 0.1) is 0 Å². The molecule has 0 N–H and O–H groups in total. The van der Waals surface area contributed by atoms with E-state index in [9.17, 15) is 0 Å². The summed E-state index contributed by atoms with van der Waals surface area (Å²) in [6.45, 7) is 5.81. The second-order valence-corrected chi connectivity index (χ2v) is 2.54. The average Bonchev–Trinajstić information content (AvgIpc) is 2.03. The highest BCUT2D eigenvalue weighted by atomic mass is 13.9.